The summed E-state index contributed by atoms with van der Waals surface area (Å²) in [6.07, 6.45) is 6.16. The SMILES string of the molecule is CC(C)C1CCC(C(=O)CCC(C)(C)N)CC1. The lowest BCUT2D eigenvalue weighted by Gasteiger charge is -2.30. The first kappa shape index (κ1) is 14.7. The molecule has 0 bridgehead atoms. The molecular formula is C15H29NO. The van der Waals surface area contributed by atoms with Crippen LogP contribution in [0.15, 0.2) is 0 Å². The van der Waals surface area contributed by atoms with Crippen molar-refractivity contribution in [2.45, 2.75) is 71.8 Å². The van der Waals surface area contributed by atoms with Crippen molar-refractivity contribution in [2.24, 2.45) is 23.5 Å². The van der Waals surface area contributed by atoms with Crippen LogP contribution >= 0.6 is 0 Å². The fraction of sp³-hybridized carbons (Fsp3) is 0.933. The second-order valence-corrected chi connectivity index (χ2v) is 6.81. The lowest BCUT2D eigenvalue weighted by Crippen LogP contribution is -2.33. The van der Waals surface area contributed by atoms with Crippen LogP contribution < -0.4 is 5.73 Å². The van der Waals surface area contributed by atoms with Crippen molar-refractivity contribution in [2.75, 3.05) is 0 Å². The lowest BCUT2D eigenvalue weighted by molar-refractivity contribution is -0.124. The molecule has 1 fully saturated rings. The van der Waals surface area contributed by atoms with Crippen molar-refractivity contribution in [1.82, 2.24) is 0 Å². The summed E-state index contributed by atoms with van der Waals surface area (Å²) >= 11 is 0. The number of carbonyl (C=O) groups is 1. The molecule has 0 aromatic rings. The van der Waals surface area contributed by atoms with Gasteiger partial charge in [0.25, 0.3) is 0 Å². The van der Waals surface area contributed by atoms with Crippen LogP contribution in [0, 0.1) is 17.8 Å². The molecule has 1 rings (SSSR count). The second-order valence-electron chi connectivity index (χ2n) is 6.81. The van der Waals surface area contributed by atoms with E-state index < -0.39 is 0 Å². The first-order valence-electron chi connectivity index (χ1n) is 7.11. The van der Waals surface area contributed by atoms with E-state index in [4.69, 9.17) is 5.73 Å². The Morgan fingerprint density at radius 2 is 1.76 bits per heavy atom. The molecule has 1 aliphatic rings. The maximum atomic E-state index is 12.1. The van der Waals surface area contributed by atoms with Crippen LogP contribution in [0.5, 0.6) is 0 Å². The average molecular weight is 239 g/mol. The highest BCUT2D eigenvalue weighted by molar-refractivity contribution is 5.81. The van der Waals surface area contributed by atoms with Gasteiger partial charge in [-0.25, -0.2) is 0 Å². The topological polar surface area (TPSA) is 43.1 Å². The van der Waals surface area contributed by atoms with Crippen LogP contribution in [0.3, 0.4) is 0 Å². The van der Waals surface area contributed by atoms with E-state index in [-0.39, 0.29) is 5.54 Å². The first-order chi connectivity index (χ1) is 7.79. The van der Waals surface area contributed by atoms with Gasteiger partial charge in [-0.3, -0.25) is 4.79 Å². The molecule has 1 aliphatic carbocycles. The standard InChI is InChI=1S/C15H29NO/c1-11(2)12-5-7-13(8-6-12)14(17)9-10-15(3,4)16/h11-13H,5-10,16H2,1-4H3. The van der Waals surface area contributed by atoms with Crippen molar-refractivity contribution >= 4 is 5.78 Å². The fourth-order valence-corrected chi connectivity index (χ4v) is 2.76. The monoisotopic (exact) mass is 239 g/mol. The molecule has 0 saturated heterocycles. The number of rotatable bonds is 5. The predicted molar refractivity (Wildman–Crippen MR) is 72.8 cm³/mol. The van der Waals surface area contributed by atoms with Crippen molar-refractivity contribution in [1.29, 1.82) is 0 Å². The Morgan fingerprint density at radius 1 is 1.24 bits per heavy atom. The molecule has 0 radical (unpaired) electrons. The van der Waals surface area contributed by atoms with Crippen LogP contribution in [-0.2, 0) is 4.79 Å². The van der Waals surface area contributed by atoms with E-state index in [1.807, 2.05) is 13.8 Å². The number of ketones is 1. The maximum Gasteiger partial charge on any atom is 0.136 e. The Kier molecular flexibility index (Phi) is 5.18. The molecule has 100 valence electrons. The molecule has 0 atom stereocenters. The summed E-state index contributed by atoms with van der Waals surface area (Å²) in [6, 6.07) is 0. The number of hydrogen-bond acceptors (Lipinski definition) is 2. The van der Waals surface area contributed by atoms with Gasteiger partial charge in [0.2, 0.25) is 0 Å². The molecule has 0 unspecified atom stereocenters. The normalized spacial score (nSPS) is 26.2. The average Bonchev–Trinajstić information content (AvgIpc) is 2.25. The Bertz CT molecular complexity index is 244. The zero-order valence-electron chi connectivity index (χ0n) is 12.0. The third-order valence-corrected chi connectivity index (χ3v) is 4.19. The van der Waals surface area contributed by atoms with E-state index >= 15 is 0 Å². The fourth-order valence-electron chi connectivity index (χ4n) is 2.76. The summed E-state index contributed by atoms with van der Waals surface area (Å²) in [4.78, 5) is 12.1. The predicted octanol–water partition coefficient (Wildman–Crippen LogP) is 3.54. The summed E-state index contributed by atoms with van der Waals surface area (Å²) in [5.41, 5.74) is 5.72. The minimum absolute atomic E-state index is 0.204. The van der Waals surface area contributed by atoms with Gasteiger partial charge in [0, 0.05) is 17.9 Å². The molecule has 0 amide bonds. The third-order valence-electron chi connectivity index (χ3n) is 4.19. The van der Waals surface area contributed by atoms with Crippen LogP contribution in [0.25, 0.3) is 0 Å². The number of hydrogen-bond donors (Lipinski definition) is 1. The molecule has 0 aliphatic heterocycles. The van der Waals surface area contributed by atoms with E-state index in [1.165, 1.54) is 12.8 Å². The summed E-state index contributed by atoms with van der Waals surface area (Å²) < 4.78 is 0. The molecule has 1 saturated carbocycles. The van der Waals surface area contributed by atoms with E-state index in [1.54, 1.807) is 0 Å². The van der Waals surface area contributed by atoms with Gasteiger partial charge in [0.15, 0.2) is 0 Å². The molecule has 17 heavy (non-hydrogen) atoms. The minimum Gasteiger partial charge on any atom is -0.326 e. The summed E-state index contributed by atoms with van der Waals surface area (Å²) in [5, 5.41) is 0. The number of nitrogens with two attached hydrogens (primary N) is 1. The molecule has 0 aromatic heterocycles. The Hall–Kier alpha value is -0.370. The van der Waals surface area contributed by atoms with Gasteiger partial charge in [-0.2, -0.15) is 0 Å². The van der Waals surface area contributed by atoms with Crippen molar-refractivity contribution in [3.63, 3.8) is 0 Å². The van der Waals surface area contributed by atoms with Crippen molar-refractivity contribution in [3.05, 3.63) is 0 Å². The lowest BCUT2D eigenvalue weighted by atomic mass is 9.75. The minimum atomic E-state index is -0.204. The molecule has 0 heterocycles. The summed E-state index contributed by atoms with van der Waals surface area (Å²) in [5.74, 6) is 2.39. The van der Waals surface area contributed by atoms with Crippen molar-refractivity contribution < 1.29 is 4.79 Å². The van der Waals surface area contributed by atoms with E-state index in [9.17, 15) is 4.79 Å². The molecule has 0 aromatic carbocycles. The van der Waals surface area contributed by atoms with Gasteiger partial charge in [-0.15, -0.1) is 0 Å². The molecule has 2 nitrogen and oxygen atoms in total. The van der Waals surface area contributed by atoms with Crippen LogP contribution in [0.2, 0.25) is 0 Å². The second kappa shape index (κ2) is 5.99. The number of Topliss-reactive ketones (excluding diaryl/α,β-unsaturated/α-hetero) is 1. The molecule has 0 spiro atoms. The third kappa shape index (κ3) is 5.20. The molecule has 2 heteroatoms. The Balaban J connectivity index is 2.31. The zero-order chi connectivity index (χ0) is 13.1. The highest BCUT2D eigenvalue weighted by Gasteiger charge is 2.27. The Labute approximate surface area is 106 Å². The van der Waals surface area contributed by atoms with Crippen molar-refractivity contribution in [3.8, 4) is 0 Å². The van der Waals surface area contributed by atoms with E-state index in [0.29, 0.717) is 18.1 Å². The smallest absolute Gasteiger partial charge is 0.136 e. The van der Waals surface area contributed by atoms with Crippen LogP contribution in [0.1, 0.15) is 66.2 Å². The Morgan fingerprint density at radius 3 is 2.18 bits per heavy atom. The summed E-state index contributed by atoms with van der Waals surface area (Å²) in [6.45, 7) is 8.58. The molecule has 2 N–H and O–H groups in total. The maximum absolute atomic E-state index is 12.1. The number of carbonyl (C=O) groups excluding carboxylic acids is 1. The highest BCUT2D eigenvalue weighted by atomic mass is 16.1. The van der Waals surface area contributed by atoms with Gasteiger partial charge in [-0.1, -0.05) is 13.8 Å². The van der Waals surface area contributed by atoms with Gasteiger partial charge in [-0.05, 0) is 57.8 Å². The van der Waals surface area contributed by atoms with Gasteiger partial charge < -0.3 is 5.73 Å². The van der Waals surface area contributed by atoms with Gasteiger partial charge >= 0.3 is 0 Å². The molecular weight excluding hydrogens is 210 g/mol. The largest absolute Gasteiger partial charge is 0.326 e. The van der Waals surface area contributed by atoms with Gasteiger partial charge in [0.1, 0.15) is 5.78 Å². The van der Waals surface area contributed by atoms with Crippen LogP contribution in [0.4, 0.5) is 0 Å². The van der Waals surface area contributed by atoms with Crippen LogP contribution in [-0.4, -0.2) is 11.3 Å². The quantitative estimate of drug-likeness (QED) is 0.797. The van der Waals surface area contributed by atoms with E-state index in [2.05, 4.69) is 13.8 Å². The van der Waals surface area contributed by atoms with E-state index in [0.717, 1.165) is 31.1 Å². The first-order valence-corrected chi connectivity index (χ1v) is 7.11. The summed E-state index contributed by atoms with van der Waals surface area (Å²) in [7, 11) is 0. The highest BCUT2D eigenvalue weighted by Crippen LogP contribution is 2.34. The zero-order valence-corrected chi connectivity index (χ0v) is 12.0. The van der Waals surface area contributed by atoms with Gasteiger partial charge in [0.05, 0.1) is 0 Å².